The van der Waals surface area contributed by atoms with E-state index in [1.165, 1.54) is 29.8 Å². The molecule has 0 unspecified atom stereocenters. The molecule has 0 spiro atoms. The predicted octanol–water partition coefficient (Wildman–Crippen LogP) is 3.58. The SMILES string of the molecule is O=C(Nc1ccc(N2CCCCC2)cc1)c1ccc(CN2C(=O)CCC2=O)cc1. The van der Waals surface area contributed by atoms with Gasteiger partial charge in [-0.05, 0) is 61.2 Å². The first-order valence-electron chi connectivity index (χ1n) is 10.2. The molecule has 0 atom stereocenters. The lowest BCUT2D eigenvalue weighted by molar-refractivity contribution is -0.139. The van der Waals surface area contributed by atoms with Gasteiger partial charge in [-0.1, -0.05) is 12.1 Å². The zero-order valence-corrected chi connectivity index (χ0v) is 16.4. The van der Waals surface area contributed by atoms with Crippen LogP contribution in [0.4, 0.5) is 11.4 Å². The van der Waals surface area contributed by atoms with Crippen molar-refractivity contribution in [3.05, 3.63) is 59.7 Å². The standard InChI is InChI=1S/C23H25N3O3/c27-21-12-13-22(28)26(21)16-17-4-6-18(7-5-17)23(29)24-19-8-10-20(11-9-19)25-14-2-1-3-15-25/h4-11H,1-3,12-16H2,(H,24,29). The molecule has 2 fully saturated rings. The van der Waals surface area contributed by atoms with Gasteiger partial charge in [0, 0.05) is 42.9 Å². The molecule has 2 heterocycles. The molecule has 3 amide bonds. The highest BCUT2D eigenvalue weighted by Gasteiger charge is 2.28. The van der Waals surface area contributed by atoms with Crippen molar-refractivity contribution < 1.29 is 14.4 Å². The molecule has 4 rings (SSSR count). The lowest BCUT2D eigenvalue weighted by Crippen LogP contribution is -2.29. The Hall–Kier alpha value is -3.15. The minimum absolute atomic E-state index is 0.134. The maximum atomic E-state index is 12.5. The molecule has 0 bridgehead atoms. The summed E-state index contributed by atoms with van der Waals surface area (Å²) in [5.41, 5.74) is 3.31. The number of nitrogens with zero attached hydrogens (tertiary/aromatic N) is 2. The predicted molar refractivity (Wildman–Crippen MR) is 112 cm³/mol. The molecule has 0 aliphatic carbocycles. The summed E-state index contributed by atoms with van der Waals surface area (Å²) in [6, 6.07) is 15.0. The van der Waals surface area contributed by atoms with Crippen LogP contribution in [0.5, 0.6) is 0 Å². The van der Waals surface area contributed by atoms with Crippen LogP contribution >= 0.6 is 0 Å². The van der Waals surface area contributed by atoms with Crippen LogP contribution in [0, 0.1) is 0 Å². The second kappa shape index (κ2) is 8.47. The van der Waals surface area contributed by atoms with Crippen molar-refractivity contribution in [3.63, 3.8) is 0 Å². The van der Waals surface area contributed by atoms with E-state index in [4.69, 9.17) is 0 Å². The van der Waals surface area contributed by atoms with Crippen molar-refractivity contribution in [2.24, 2.45) is 0 Å². The van der Waals surface area contributed by atoms with Crippen molar-refractivity contribution in [3.8, 4) is 0 Å². The lowest BCUT2D eigenvalue weighted by atomic mass is 10.1. The molecule has 6 nitrogen and oxygen atoms in total. The van der Waals surface area contributed by atoms with Gasteiger partial charge in [-0.3, -0.25) is 19.3 Å². The van der Waals surface area contributed by atoms with E-state index >= 15 is 0 Å². The monoisotopic (exact) mass is 391 g/mol. The number of piperidine rings is 1. The highest BCUT2D eigenvalue weighted by molar-refractivity contribution is 6.04. The number of hydrogen-bond donors (Lipinski definition) is 1. The zero-order chi connectivity index (χ0) is 20.2. The van der Waals surface area contributed by atoms with E-state index in [1.807, 2.05) is 24.3 Å². The van der Waals surface area contributed by atoms with Crippen LogP contribution < -0.4 is 10.2 Å². The summed E-state index contributed by atoms with van der Waals surface area (Å²) in [6.45, 7) is 2.44. The Balaban J connectivity index is 1.35. The number of likely N-dealkylation sites (tertiary alicyclic amines) is 1. The molecule has 0 aromatic heterocycles. The minimum atomic E-state index is -0.185. The molecular weight excluding hydrogens is 366 g/mol. The number of amides is 3. The summed E-state index contributed by atoms with van der Waals surface area (Å²) in [7, 11) is 0. The van der Waals surface area contributed by atoms with Gasteiger partial charge in [-0.15, -0.1) is 0 Å². The van der Waals surface area contributed by atoms with Gasteiger partial charge < -0.3 is 10.2 Å². The quantitative estimate of drug-likeness (QED) is 0.791. The molecule has 2 aromatic carbocycles. The molecule has 0 radical (unpaired) electrons. The van der Waals surface area contributed by atoms with Crippen LogP contribution in [-0.2, 0) is 16.1 Å². The fraction of sp³-hybridized carbons (Fsp3) is 0.348. The fourth-order valence-electron chi connectivity index (χ4n) is 3.85. The first kappa shape index (κ1) is 19.2. The van der Waals surface area contributed by atoms with Gasteiger partial charge in [0.1, 0.15) is 0 Å². The largest absolute Gasteiger partial charge is 0.372 e. The van der Waals surface area contributed by atoms with E-state index in [1.54, 1.807) is 24.3 Å². The average molecular weight is 391 g/mol. The van der Waals surface area contributed by atoms with Crippen LogP contribution in [0.3, 0.4) is 0 Å². The van der Waals surface area contributed by atoms with Gasteiger partial charge in [-0.2, -0.15) is 0 Å². The van der Waals surface area contributed by atoms with Crippen LogP contribution in [0.1, 0.15) is 48.0 Å². The zero-order valence-electron chi connectivity index (χ0n) is 16.4. The van der Waals surface area contributed by atoms with Crippen molar-refractivity contribution >= 4 is 29.1 Å². The second-order valence-corrected chi connectivity index (χ2v) is 7.62. The smallest absolute Gasteiger partial charge is 0.255 e. The number of anilines is 2. The van der Waals surface area contributed by atoms with Gasteiger partial charge in [0.25, 0.3) is 5.91 Å². The third-order valence-corrected chi connectivity index (χ3v) is 5.56. The second-order valence-electron chi connectivity index (χ2n) is 7.62. The Morgan fingerprint density at radius 1 is 0.828 bits per heavy atom. The first-order chi connectivity index (χ1) is 14.1. The summed E-state index contributed by atoms with van der Waals surface area (Å²) < 4.78 is 0. The van der Waals surface area contributed by atoms with Gasteiger partial charge in [0.2, 0.25) is 11.8 Å². The van der Waals surface area contributed by atoms with Crippen molar-refractivity contribution in [1.29, 1.82) is 0 Å². The van der Waals surface area contributed by atoms with Crippen LogP contribution in [0.2, 0.25) is 0 Å². The summed E-state index contributed by atoms with van der Waals surface area (Å²) in [6.07, 6.45) is 4.34. The van der Waals surface area contributed by atoms with E-state index in [0.29, 0.717) is 5.56 Å². The average Bonchev–Trinajstić information content (AvgIpc) is 3.07. The van der Waals surface area contributed by atoms with E-state index in [-0.39, 0.29) is 37.1 Å². The molecular formula is C23H25N3O3. The number of benzene rings is 2. The van der Waals surface area contributed by atoms with E-state index in [9.17, 15) is 14.4 Å². The summed E-state index contributed by atoms with van der Waals surface area (Å²) in [5, 5.41) is 2.92. The number of imide groups is 1. The molecule has 150 valence electrons. The fourth-order valence-corrected chi connectivity index (χ4v) is 3.85. The minimum Gasteiger partial charge on any atom is -0.372 e. The molecule has 6 heteroatoms. The molecule has 1 N–H and O–H groups in total. The van der Waals surface area contributed by atoms with Gasteiger partial charge in [0.05, 0.1) is 6.54 Å². The van der Waals surface area contributed by atoms with E-state index in [2.05, 4.69) is 10.2 Å². The molecule has 29 heavy (non-hydrogen) atoms. The Morgan fingerprint density at radius 2 is 1.45 bits per heavy atom. The van der Waals surface area contributed by atoms with Crippen molar-refractivity contribution in [1.82, 2.24) is 4.90 Å². The third-order valence-electron chi connectivity index (χ3n) is 5.56. The maximum Gasteiger partial charge on any atom is 0.255 e. The Morgan fingerprint density at radius 3 is 2.07 bits per heavy atom. The van der Waals surface area contributed by atoms with Gasteiger partial charge >= 0.3 is 0 Å². The molecule has 0 saturated carbocycles. The van der Waals surface area contributed by atoms with Crippen molar-refractivity contribution in [2.45, 2.75) is 38.6 Å². The number of carbonyl (C=O) groups excluding carboxylic acids is 3. The van der Waals surface area contributed by atoms with Gasteiger partial charge in [0.15, 0.2) is 0 Å². The summed E-state index contributed by atoms with van der Waals surface area (Å²) in [5.74, 6) is -0.453. The van der Waals surface area contributed by atoms with Gasteiger partial charge in [-0.25, -0.2) is 0 Å². The number of nitrogens with one attached hydrogen (secondary N) is 1. The molecule has 2 saturated heterocycles. The normalized spacial score (nSPS) is 17.0. The Kier molecular flexibility index (Phi) is 5.60. The number of carbonyl (C=O) groups is 3. The topological polar surface area (TPSA) is 69.7 Å². The van der Waals surface area contributed by atoms with E-state index < -0.39 is 0 Å². The van der Waals surface area contributed by atoms with E-state index in [0.717, 1.165) is 24.3 Å². The lowest BCUT2D eigenvalue weighted by Gasteiger charge is -2.28. The van der Waals surface area contributed by atoms with Crippen LogP contribution in [-0.4, -0.2) is 35.7 Å². The van der Waals surface area contributed by atoms with Crippen LogP contribution in [0.15, 0.2) is 48.5 Å². The molecule has 2 aliphatic heterocycles. The van der Waals surface area contributed by atoms with Crippen molar-refractivity contribution in [2.75, 3.05) is 23.3 Å². The number of hydrogen-bond acceptors (Lipinski definition) is 4. The first-order valence-corrected chi connectivity index (χ1v) is 10.2. The Labute approximate surface area is 170 Å². The highest BCUT2D eigenvalue weighted by atomic mass is 16.2. The highest BCUT2D eigenvalue weighted by Crippen LogP contribution is 2.22. The summed E-state index contributed by atoms with van der Waals surface area (Å²) >= 11 is 0. The molecule has 2 aromatic rings. The maximum absolute atomic E-state index is 12.5. The Bertz CT molecular complexity index is 884. The number of rotatable bonds is 5. The molecule has 2 aliphatic rings. The third kappa shape index (κ3) is 4.47. The van der Waals surface area contributed by atoms with Crippen LogP contribution in [0.25, 0.3) is 0 Å². The summed E-state index contributed by atoms with van der Waals surface area (Å²) in [4.78, 5) is 39.6.